The molecule has 0 radical (unpaired) electrons. The molecule has 0 saturated heterocycles. The third-order valence-electron chi connectivity index (χ3n) is 5.89. The summed E-state index contributed by atoms with van der Waals surface area (Å²) < 4.78 is 0. The van der Waals surface area contributed by atoms with Crippen LogP contribution in [0.5, 0.6) is 0 Å². The Labute approximate surface area is 198 Å². The number of fused-ring (bicyclic) bond motifs is 2. The van der Waals surface area contributed by atoms with Crippen LogP contribution >= 0.6 is 23.2 Å². The first-order valence-corrected chi connectivity index (χ1v) is 11.2. The van der Waals surface area contributed by atoms with E-state index in [-0.39, 0.29) is 27.8 Å². The summed E-state index contributed by atoms with van der Waals surface area (Å²) in [4.78, 5) is 47.7. The van der Waals surface area contributed by atoms with Crippen LogP contribution in [0.25, 0.3) is 0 Å². The van der Waals surface area contributed by atoms with Gasteiger partial charge >= 0.3 is 0 Å². The molecule has 10 heteroatoms. The second kappa shape index (κ2) is 8.53. The molecule has 3 N–H and O–H groups in total. The maximum Gasteiger partial charge on any atom is 0.258 e. The monoisotopic (exact) mass is 483 g/mol. The number of carbonyl (C=O) groups excluding carboxylic acids is 2. The van der Waals surface area contributed by atoms with Gasteiger partial charge in [0.2, 0.25) is 17.8 Å². The van der Waals surface area contributed by atoms with Crippen molar-refractivity contribution in [1.82, 2.24) is 9.97 Å². The number of H-pyrrole nitrogens is 1. The van der Waals surface area contributed by atoms with Crippen molar-refractivity contribution in [3.63, 3.8) is 0 Å². The van der Waals surface area contributed by atoms with E-state index in [1.165, 1.54) is 5.56 Å². The number of hydrogen-bond acceptors (Lipinski definition) is 5. The first-order chi connectivity index (χ1) is 15.9. The van der Waals surface area contributed by atoms with E-state index in [0.717, 1.165) is 12.0 Å². The van der Waals surface area contributed by atoms with Crippen molar-refractivity contribution in [3.05, 3.63) is 79.6 Å². The van der Waals surface area contributed by atoms with Crippen molar-refractivity contribution < 1.29 is 9.59 Å². The lowest BCUT2D eigenvalue weighted by Crippen LogP contribution is -2.38. The minimum absolute atomic E-state index is 0.0983. The molecule has 2 amide bonds. The Hall–Kier alpha value is -3.36. The highest BCUT2D eigenvalue weighted by Crippen LogP contribution is 2.34. The maximum atomic E-state index is 13.1. The zero-order valence-corrected chi connectivity index (χ0v) is 18.8. The van der Waals surface area contributed by atoms with E-state index >= 15 is 0 Å². The minimum Gasteiger partial charge on any atom is -0.338 e. The van der Waals surface area contributed by atoms with Gasteiger partial charge in [0.25, 0.3) is 5.56 Å². The Bertz CT molecular complexity index is 1340. The number of nitrogens with zero attached hydrogens (tertiary/aromatic N) is 2. The summed E-state index contributed by atoms with van der Waals surface area (Å²) in [7, 11) is 0. The number of nitrogens with one attached hydrogen (secondary N) is 3. The fourth-order valence-corrected chi connectivity index (χ4v) is 4.58. The van der Waals surface area contributed by atoms with Gasteiger partial charge in [0.1, 0.15) is 5.82 Å². The molecule has 2 aliphatic rings. The number of hydrogen-bond donors (Lipinski definition) is 3. The van der Waals surface area contributed by atoms with Crippen molar-refractivity contribution in [3.8, 4) is 0 Å². The number of carbonyl (C=O) groups is 2. The summed E-state index contributed by atoms with van der Waals surface area (Å²) in [6.45, 7) is 1.26. The van der Waals surface area contributed by atoms with Gasteiger partial charge in [-0.05, 0) is 29.7 Å². The molecule has 2 aromatic carbocycles. The van der Waals surface area contributed by atoms with Crippen molar-refractivity contribution in [2.45, 2.75) is 25.3 Å². The van der Waals surface area contributed by atoms with Crippen LogP contribution in [0, 0.1) is 0 Å². The zero-order valence-electron chi connectivity index (χ0n) is 17.3. The molecule has 0 saturated carbocycles. The molecule has 33 heavy (non-hydrogen) atoms. The lowest BCUT2D eigenvalue weighted by atomic mass is 9.92. The molecular weight excluding hydrogens is 465 g/mol. The van der Waals surface area contributed by atoms with Crippen molar-refractivity contribution in [2.75, 3.05) is 22.1 Å². The molecule has 0 aliphatic carbocycles. The van der Waals surface area contributed by atoms with Crippen LogP contribution in [0.2, 0.25) is 10.0 Å². The average Bonchev–Trinajstić information content (AvgIpc) is 2.80. The smallest absolute Gasteiger partial charge is 0.258 e. The van der Waals surface area contributed by atoms with Crippen molar-refractivity contribution >= 4 is 52.5 Å². The molecule has 8 nitrogen and oxygen atoms in total. The molecule has 0 unspecified atom stereocenters. The van der Waals surface area contributed by atoms with Crippen LogP contribution < -0.4 is 21.1 Å². The van der Waals surface area contributed by atoms with Crippen LogP contribution in [0.1, 0.15) is 29.0 Å². The highest BCUT2D eigenvalue weighted by atomic mass is 35.5. The summed E-state index contributed by atoms with van der Waals surface area (Å²) in [5, 5.41) is 5.78. The van der Waals surface area contributed by atoms with Crippen LogP contribution in [-0.2, 0) is 22.6 Å². The molecule has 0 fully saturated rings. The number of halogens is 2. The topological polar surface area (TPSA) is 107 Å². The molecular formula is C23H19Cl2N5O3. The van der Waals surface area contributed by atoms with E-state index in [2.05, 4.69) is 26.7 Å². The third-order valence-corrected chi connectivity index (χ3v) is 6.71. The molecule has 2 aliphatic heterocycles. The SMILES string of the molecule is O=C1C[C@H](C(=O)Nc2cccc(Cl)c2Cl)c2c(nc(N3CCc4ccccc4C3)[nH]c2=O)N1. The molecule has 5 rings (SSSR count). The fraction of sp³-hybridized carbons (Fsp3) is 0.217. The zero-order chi connectivity index (χ0) is 23.1. The Kier molecular flexibility index (Phi) is 5.55. The van der Waals surface area contributed by atoms with Gasteiger partial charge in [0.05, 0.1) is 27.2 Å². The molecule has 168 valence electrons. The second-order valence-corrected chi connectivity index (χ2v) is 8.77. The van der Waals surface area contributed by atoms with Gasteiger partial charge in [0, 0.05) is 19.5 Å². The quantitative estimate of drug-likeness (QED) is 0.526. The highest BCUT2D eigenvalue weighted by molar-refractivity contribution is 6.44. The summed E-state index contributed by atoms with van der Waals surface area (Å²) in [5.41, 5.74) is 2.37. The molecule has 1 atom stereocenters. The maximum absolute atomic E-state index is 13.1. The normalized spacial score (nSPS) is 17.1. The lowest BCUT2D eigenvalue weighted by molar-refractivity contribution is -0.123. The number of rotatable bonds is 3. The predicted molar refractivity (Wildman–Crippen MR) is 127 cm³/mol. The van der Waals surface area contributed by atoms with Gasteiger partial charge < -0.3 is 15.5 Å². The van der Waals surface area contributed by atoms with Gasteiger partial charge in [-0.15, -0.1) is 0 Å². The summed E-state index contributed by atoms with van der Waals surface area (Å²) in [6.07, 6.45) is 0.632. The second-order valence-electron chi connectivity index (χ2n) is 7.99. The van der Waals surface area contributed by atoms with Gasteiger partial charge in [0.15, 0.2) is 0 Å². The van der Waals surface area contributed by atoms with E-state index in [9.17, 15) is 14.4 Å². The standard InChI is InChI=1S/C23H19Cl2N5O3/c24-15-6-3-7-16(19(15)25)26-21(32)14-10-17(31)27-20-18(14)22(33)29-23(28-20)30-9-8-12-4-1-2-5-13(12)11-30/h1-7,14H,8-11H2,(H,26,32)(H2,27,28,29,31,33)/t14-/m0/s1. The number of amides is 2. The summed E-state index contributed by atoms with van der Waals surface area (Å²) >= 11 is 12.2. The lowest BCUT2D eigenvalue weighted by Gasteiger charge is -2.30. The molecule has 3 heterocycles. The number of benzene rings is 2. The Morgan fingerprint density at radius 2 is 1.88 bits per heavy atom. The molecule has 0 bridgehead atoms. The summed E-state index contributed by atoms with van der Waals surface area (Å²) in [6, 6.07) is 12.9. The van der Waals surface area contributed by atoms with Gasteiger partial charge in [-0.3, -0.25) is 19.4 Å². The number of aromatic nitrogens is 2. The summed E-state index contributed by atoms with van der Waals surface area (Å²) in [5.74, 6) is -1.50. The number of aromatic amines is 1. The van der Waals surface area contributed by atoms with Crippen LogP contribution in [-0.4, -0.2) is 28.3 Å². The average molecular weight is 484 g/mol. The largest absolute Gasteiger partial charge is 0.338 e. The molecule has 1 aromatic heterocycles. The van der Waals surface area contributed by atoms with E-state index in [4.69, 9.17) is 23.2 Å². The Morgan fingerprint density at radius 1 is 1.09 bits per heavy atom. The fourth-order valence-electron chi connectivity index (χ4n) is 4.23. The van der Waals surface area contributed by atoms with E-state index in [1.54, 1.807) is 18.2 Å². The molecule has 3 aromatic rings. The predicted octanol–water partition coefficient (Wildman–Crippen LogP) is 3.70. The minimum atomic E-state index is -1.02. The van der Waals surface area contributed by atoms with E-state index in [0.29, 0.717) is 24.7 Å². The first-order valence-electron chi connectivity index (χ1n) is 10.4. The number of anilines is 3. The Morgan fingerprint density at radius 3 is 2.70 bits per heavy atom. The van der Waals surface area contributed by atoms with Crippen LogP contribution in [0.15, 0.2) is 47.3 Å². The Balaban J connectivity index is 1.46. The van der Waals surface area contributed by atoms with Gasteiger partial charge in [-0.2, -0.15) is 4.98 Å². The molecule has 0 spiro atoms. The highest BCUT2D eigenvalue weighted by Gasteiger charge is 2.35. The van der Waals surface area contributed by atoms with Crippen molar-refractivity contribution in [1.29, 1.82) is 0 Å². The van der Waals surface area contributed by atoms with E-state index < -0.39 is 23.3 Å². The van der Waals surface area contributed by atoms with Gasteiger partial charge in [-0.1, -0.05) is 53.5 Å². The van der Waals surface area contributed by atoms with Crippen LogP contribution in [0.4, 0.5) is 17.5 Å². The van der Waals surface area contributed by atoms with Gasteiger partial charge in [-0.25, -0.2) is 0 Å². The van der Waals surface area contributed by atoms with E-state index in [1.807, 2.05) is 23.1 Å². The van der Waals surface area contributed by atoms with Crippen molar-refractivity contribution in [2.24, 2.45) is 0 Å². The van der Waals surface area contributed by atoms with Crippen LogP contribution in [0.3, 0.4) is 0 Å². The first kappa shape index (κ1) is 21.5. The third kappa shape index (κ3) is 4.07.